The molecule has 14 heavy (non-hydrogen) atoms. The molecule has 1 saturated carbocycles. The lowest BCUT2D eigenvalue weighted by atomic mass is 9.60. The molecule has 0 atom stereocenters. The third-order valence-electron chi connectivity index (χ3n) is 3.88. The molecule has 80 valence electrons. The predicted molar refractivity (Wildman–Crippen MR) is 56.0 cm³/mol. The maximum absolute atomic E-state index is 11.8. The molecule has 1 amide bonds. The Morgan fingerprint density at radius 2 is 2.14 bits per heavy atom. The summed E-state index contributed by atoms with van der Waals surface area (Å²) < 4.78 is 0. The molecule has 0 unspecified atom stereocenters. The third kappa shape index (κ3) is 1.26. The summed E-state index contributed by atoms with van der Waals surface area (Å²) in [4.78, 5) is 11.8. The molecule has 3 aliphatic rings. The molecular weight excluding hydrogens is 176 g/mol. The molecule has 3 rings (SSSR count). The number of amides is 1. The molecule has 0 aromatic heterocycles. The minimum absolute atomic E-state index is 0.189. The Bertz CT molecular complexity index is 244. The van der Waals surface area contributed by atoms with Crippen LogP contribution in [-0.2, 0) is 4.79 Å². The quantitative estimate of drug-likeness (QED) is 0.705. The molecule has 0 spiro atoms. The number of fused-ring (bicyclic) bond motifs is 1. The molecule has 3 nitrogen and oxygen atoms in total. The molecule has 2 saturated heterocycles. The standard InChI is InChI=1S/C11H20N2O/c1-3-5-12-9(14)11-6-10(4-2,7-11)8-13-11/h13H,3-8H2,1-2H3,(H,12,14). The minimum Gasteiger partial charge on any atom is -0.355 e. The Labute approximate surface area is 85.6 Å². The van der Waals surface area contributed by atoms with Crippen molar-refractivity contribution in [2.75, 3.05) is 13.1 Å². The smallest absolute Gasteiger partial charge is 0.240 e. The van der Waals surface area contributed by atoms with Crippen molar-refractivity contribution in [3.05, 3.63) is 0 Å². The van der Waals surface area contributed by atoms with Gasteiger partial charge in [-0.25, -0.2) is 0 Å². The largest absolute Gasteiger partial charge is 0.355 e. The van der Waals surface area contributed by atoms with Gasteiger partial charge in [0.25, 0.3) is 0 Å². The van der Waals surface area contributed by atoms with E-state index in [4.69, 9.17) is 0 Å². The Hall–Kier alpha value is -0.570. The van der Waals surface area contributed by atoms with Crippen LogP contribution in [-0.4, -0.2) is 24.5 Å². The van der Waals surface area contributed by atoms with Gasteiger partial charge in [-0.3, -0.25) is 4.79 Å². The number of carbonyl (C=O) groups excluding carboxylic acids is 1. The van der Waals surface area contributed by atoms with Crippen molar-refractivity contribution in [2.24, 2.45) is 5.41 Å². The molecule has 3 heteroatoms. The zero-order valence-electron chi connectivity index (χ0n) is 9.15. The molecule has 2 aliphatic heterocycles. The van der Waals surface area contributed by atoms with Crippen molar-refractivity contribution >= 4 is 5.91 Å². The van der Waals surface area contributed by atoms with Gasteiger partial charge in [0.05, 0.1) is 5.54 Å². The first-order chi connectivity index (χ1) is 6.66. The summed E-state index contributed by atoms with van der Waals surface area (Å²) in [7, 11) is 0. The second-order valence-corrected chi connectivity index (χ2v) is 4.90. The van der Waals surface area contributed by atoms with E-state index in [1.54, 1.807) is 0 Å². The maximum Gasteiger partial charge on any atom is 0.240 e. The molecule has 2 N–H and O–H groups in total. The first kappa shape index (κ1) is 9.97. The highest BCUT2D eigenvalue weighted by Crippen LogP contribution is 2.55. The van der Waals surface area contributed by atoms with Gasteiger partial charge in [-0.2, -0.15) is 0 Å². The molecule has 3 fully saturated rings. The fraction of sp³-hybridized carbons (Fsp3) is 0.909. The Morgan fingerprint density at radius 1 is 1.43 bits per heavy atom. The van der Waals surface area contributed by atoms with Crippen molar-refractivity contribution in [3.63, 3.8) is 0 Å². The van der Waals surface area contributed by atoms with E-state index in [1.165, 1.54) is 6.42 Å². The van der Waals surface area contributed by atoms with Crippen molar-refractivity contribution in [3.8, 4) is 0 Å². The second-order valence-electron chi connectivity index (χ2n) is 4.90. The Kier molecular flexibility index (Phi) is 2.30. The SMILES string of the molecule is CCCNC(=O)C12CC(CC)(CN1)C2. The normalized spacial score (nSPS) is 39.3. The summed E-state index contributed by atoms with van der Waals surface area (Å²) in [6, 6.07) is 0. The van der Waals surface area contributed by atoms with Crippen molar-refractivity contribution < 1.29 is 4.79 Å². The fourth-order valence-electron chi connectivity index (χ4n) is 2.86. The molecule has 0 aromatic rings. The predicted octanol–water partition coefficient (Wildman–Crippen LogP) is 1.04. The van der Waals surface area contributed by atoms with Crippen LogP contribution in [0.1, 0.15) is 39.5 Å². The first-order valence-electron chi connectivity index (χ1n) is 5.70. The zero-order valence-corrected chi connectivity index (χ0v) is 9.15. The summed E-state index contributed by atoms with van der Waals surface area (Å²) in [6.07, 6.45) is 4.31. The van der Waals surface area contributed by atoms with Crippen molar-refractivity contribution in [1.82, 2.24) is 10.6 Å². The van der Waals surface area contributed by atoms with E-state index in [0.29, 0.717) is 5.41 Å². The second kappa shape index (κ2) is 3.23. The van der Waals surface area contributed by atoms with Gasteiger partial charge < -0.3 is 10.6 Å². The summed E-state index contributed by atoms with van der Waals surface area (Å²) in [6.45, 7) is 6.14. The minimum atomic E-state index is -0.189. The van der Waals surface area contributed by atoms with E-state index < -0.39 is 0 Å². The highest BCUT2D eigenvalue weighted by Gasteiger charge is 2.63. The fourth-order valence-corrected chi connectivity index (χ4v) is 2.86. The number of hydrogen-bond acceptors (Lipinski definition) is 2. The van der Waals surface area contributed by atoms with E-state index in [2.05, 4.69) is 24.5 Å². The topological polar surface area (TPSA) is 41.1 Å². The van der Waals surface area contributed by atoms with E-state index in [1.807, 2.05) is 0 Å². The van der Waals surface area contributed by atoms with Crippen LogP contribution in [0.3, 0.4) is 0 Å². The summed E-state index contributed by atoms with van der Waals surface area (Å²) >= 11 is 0. The Morgan fingerprint density at radius 3 is 2.64 bits per heavy atom. The van der Waals surface area contributed by atoms with Gasteiger partial charge in [0, 0.05) is 13.1 Å². The van der Waals surface area contributed by atoms with Gasteiger partial charge in [0.1, 0.15) is 0 Å². The molecule has 2 heterocycles. The summed E-state index contributed by atoms with van der Waals surface area (Å²) in [5.41, 5.74) is 0.259. The van der Waals surface area contributed by atoms with Gasteiger partial charge in [-0.15, -0.1) is 0 Å². The number of nitrogens with one attached hydrogen (secondary N) is 2. The highest BCUT2D eigenvalue weighted by atomic mass is 16.2. The lowest BCUT2D eigenvalue weighted by Crippen LogP contribution is -2.58. The highest BCUT2D eigenvalue weighted by molar-refractivity contribution is 5.88. The maximum atomic E-state index is 11.8. The van der Waals surface area contributed by atoms with E-state index in [9.17, 15) is 4.79 Å². The summed E-state index contributed by atoms with van der Waals surface area (Å²) in [5.74, 6) is 0.223. The number of hydrogen-bond donors (Lipinski definition) is 2. The van der Waals surface area contributed by atoms with Crippen molar-refractivity contribution in [2.45, 2.75) is 45.1 Å². The molecule has 2 bridgehead atoms. The van der Waals surface area contributed by atoms with Crippen LogP contribution in [0.4, 0.5) is 0 Å². The van der Waals surface area contributed by atoms with Crippen LogP contribution in [0.2, 0.25) is 0 Å². The average Bonchev–Trinajstić information content (AvgIpc) is 2.69. The van der Waals surface area contributed by atoms with Crippen LogP contribution in [0.15, 0.2) is 0 Å². The third-order valence-corrected chi connectivity index (χ3v) is 3.88. The van der Waals surface area contributed by atoms with Crippen LogP contribution in [0.5, 0.6) is 0 Å². The van der Waals surface area contributed by atoms with Crippen LogP contribution in [0, 0.1) is 5.41 Å². The first-order valence-corrected chi connectivity index (χ1v) is 5.70. The molecular formula is C11H20N2O. The van der Waals surface area contributed by atoms with Gasteiger partial charge in [0.2, 0.25) is 5.91 Å². The Balaban J connectivity index is 1.92. The van der Waals surface area contributed by atoms with Crippen LogP contribution >= 0.6 is 0 Å². The van der Waals surface area contributed by atoms with Gasteiger partial charge in [-0.05, 0) is 31.1 Å². The zero-order chi connectivity index (χ0) is 10.2. The number of rotatable bonds is 4. The van der Waals surface area contributed by atoms with E-state index in [0.717, 1.165) is 32.4 Å². The summed E-state index contributed by atoms with van der Waals surface area (Å²) in [5, 5.41) is 6.39. The van der Waals surface area contributed by atoms with Crippen molar-refractivity contribution in [1.29, 1.82) is 0 Å². The lowest BCUT2D eigenvalue weighted by molar-refractivity contribution is -0.131. The monoisotopic (exact) mass is 196 g/mol. The van der Waals surface area contributed by atoms with E-state index >= 15 is 0 Å². The molecule has 0 radical (unpaired) electrons. The number of carbonyl (C=O) groups is 1. The van der Waals surface area contributed by atoms with Gasteiger partial charge in [0.15, 0.2) is 0 Å². The van der Waals surface area contributed by atoms with Crippen LogP contribution in [0.25, 0.3) is 0 Å². The van der Waals surface area contributed by atoms with Crippen LogP contribution < -0.4 is 10.6 Å². The molecule has 0 aromatic carbocycles. The average molecular weight is 196 g/mol. The molecule has 1 aliphatic carbocycles. The van der Waals surface area contributed by atoms with Gasteiger partial charge >= 0.3 is 0 Å². The lowest BCUT2D eigenvalue weighted by Gasteiger charge is -2.44. The van der Waals surface area contributed by atoms with Gasteiger partial charge in [-0.1, -0.05) is 13.8 Å². The van der Waals surface area contributed by atoms with E-state index in [-0.39, 0.29) is 11.4 Å².